The molecule has 1 aromatic heterocycles. The van der Waals surface area contributed by atoms with Gasteiger partial charge in [-0.1, -0.05) is 0 Å². The molecule has 6 heteroatoms. The number of hydrogen-bond acceptors (Lipinski definition) is 5. The summed E-state index contributed by atoms with van der Waals surface area (Å²) in [5.41, 5.74) is 0.757. The Hall–Kier alpha value is -2.37. The van der Waals surface area contributed by atoms with E-state index in [4.69, 9.17) is 9.47 Å². The van der Waals surface area contributed by atoms with Crippen molar-refractivity contribution >= 4 is 5.78 Å². The summed E-state index contributed by atoms with van der Waals surface area (Å²) in [5.74, 6) is 0.970. The first kappa shape index (κ1) is 13.1. The predicted octanol–water partition coefficient (Wildman–Crippen LogP) is 1.83. The molecule has 0 fully saturated rings. The van der Waals surface area contributed by atoms with Gasteiger partial charge in [0.15, 0.2) is 17.2 Å². The van der Waals surface area contributed by atoms with E-state index >= 15 is 0 Å². The molecule has 0 saturated heterocycles. The molecule has 1 aromatic carbocycles. The lowest BCUT2D eigenvalue weighted by molar-refractivity contribution is 0.103. The standard InChI is InChI=1S/C13H15N3O3/c1-3-18-11-6-5-9(7-12(11)19-4-2)13(17)10-8-14-16-15-10/h5-8H,3-4H2,1-2H3,(H,14,15,16). The number of ether oxygens (including phenoxy) is 2. The van der Waals surface area contributed by atoms with Crippen LogP contribution in [0.25, 0.3) is 0 Å². The fourth-order valence-corrected chi connectivity index (χ4v) is 1.65. The van der Waals surface area contributed by atoms with E-state index in [1.54, 1.807) is 18.2 Å². The second-order valence-corrected chi connectivity index (χ2v) is 3.71. The van der Waals surface area contributed by atoms with Gasteiger partial charge in [0, 0.05) is 5.56 Å². The molecule has 1 heterocycles. The molecule has 19 heavy (non-hydrogen) atoms. The Bertz CT molecular complexity index is 552. The van der Waals surface area contributed by atoms with Crippen LogP contribution in [0, 0.1) is 0 Å². The highest BCUT2D eigenvalue weighted by atomic mass is 16.5. The summed E-state index contributed by atoms with van der Waals surface area (Å²) in [6, 6.07) is 5.07. The van der Waals surface area contributed by atoms with E-state index in [1.165, 1.54) is 6.20 Å². The third-order valence-corrected chi connectivity index (χ3v) is 2.45. The minimum absolute atomic E-state index is 0.210. The second kappa shape index (κ2) is 5.99. The van der Waals surface area contributed by atoms with Gasteiger partial charge in [0.2, 0.25) is 5.78 Å². The van der Waals surface area contributed by atoms with Gasteiger partial charge in [0.25, 0.3) is 0 Å². The lowest BCUT2D eigenvalue weighted by Crippen LogP contribution is -2.04. The molecule has 0 bridgehead atoms. The number of nitrogens with zero attached hydrogens (tertiary/aromatic N) is 2. The molecule has 0 unspecified atom stereocenters. The van der Waals surface area contributed by atoms with E-state index in [2.05, 4.69) is 15.4 Å². The zero-order valence-corrected chi connectivity index (χ0v) is 10.8. The molecule has 6 nitrogen and oxygen atoms in total. The molecule has 1 N–H and O–H groups in total. The molecular formula is C13H15N3O3. The first-order valence-corrected chi connectivity index (χ1v) is 6.06. The Balaban J connectivity index is 2.32. The van der Waals surface area contributed by atoms with Crippen molar-refractivity contribution in [2.45, 2.75) is 13.8 Å². The summed E-state index contributed by atoms with van der Waals surface area (Å²) in [6.45, 7) is 4.81. The second-order valence-electron chi connectivity index (χ2n) is 3.71. The highest BCUT2D eigenvalue weighted by Crippen LogP contribution is 2.29. The number of rotatable bonds is 6. The molecular weight excluding hydrogens is 246 g/mol. The minimum Gasteiger partial charge on any atom is -0.490 e. The molecule has 2 rings (SSSR count). The molecule has 0 radical (unpaired) electrons. The van der Waals surface area contributed by atoms with E-state index in [0.717, 1.165) is 0 Å². The van der Waals surface area contributed by atoms with Gasteiger partial charge in [0.05, 0.1) is 19.4 Å². The highest BCUT2D eigenvalue weighted by Gasteiger charge is 2.15. The van der Waals surface area contributed by atoms with Crippen LogP contribution in [0.1, 0.15) is 29.9 Å². The van der Waals surface area contributed by atoms with Crippen LogP contribution in [0.2, 0.25) is 0 Å². The smallest absolute Gasteiger partial charge is 0.215 e. The zero-order chi connectivity index (χ0) is 13.7. The normalized spacial score (nSPS) is 10.2. The number of hydrogen-bond donors (Lipinski definition) is 1. The van der Waals surface area contributed by atoms with Crippen LogP contribution in [0.3, 0.4) is 0 Å². The summed E-state index contributed by atoms with van der Waals surface area (Å²) in [5, 5.41) is 9.81. The lowest BCUT2D eigenvalue weighted by Gasteiger charge is -2.11. The number of nitrogens with one attached hydrogen (secondary N) is 1. The third kappa shape index (κ3) is 2.90. The molecule has 0 saturated carbocycles. The van der Waals surface area contributed by atoms with Crippen LogP contribution in [-0.2, 0) is 0 Å². The number of H-pyrrole nitrogens is 1. The van der Waals surface area contributed by atoms with Gasteiger partial charge in [-0.15, -0.1) is 0 Å². The number of ketones is 1. The Kier molecular flexibility index (Phi) is 4.12. The van der Waals surface area contributed by atoms with E-state index in [1.807, 2.05) is 13.8 Å². The van der Waals surface area contributed by atoms with Crippen molar-refractivity contribution < 1.29 is 14.3 Å². The Morgan fingerprint density at radius 3 is 2.58 bits per heavy atom. The van der Waals surface area contributed by atoms with Gasteiger partial charge in [-0.2, -0.15) is 15.4 Å². The van der Waals surface area contributed by atoms with E-state index in [0.29, 0.717) is 30.3 Å². The first-order valence-electron chi connectivity index (χ1n) is 6.06. The molecule has 0 aliphatic rings. The SMILES string of the molecule is CCOc1ccc(C(=O)c2cn[nH]n2)cc1OCC. The first-order chi connectivity index (χ1) is 9.26. The summed E-state index contributed by atoms with van der Waals surface area (Å²) in [4.78, 5) is 12.1. The predicted molar refractivity (Wildman–Crippen MR) is 68.6 cm³/mol. The number of carbonyl (C=O) groups excluding carboxylic acids is 1. The fraction of sp³-hybridized carbons (Fsp3) is 0.308. The monoisotopic (exact) mass is 261 g/mol. The van der Waals surface area contributed by atoms with Gasteiger partial charge < -0.3 is 9.47 Å². The maximum absolute atomic E-state index is 12.1. The highest BCUT2D eigenvalue weighted by molar-refractivity contribution is 6.07. The van der Waals surface area contributed by atoms with Crippen LogP contribution in [0.15, 0.2) is 24.4 Å². The van der Waals surface area contributed by atoms with Crippen molar-refractivity contribution in [2.24, 2.45) is 0 Å². The number of aromatic amines is 1. The van der Waals surface area contributed by atoms with Crippen molar-refractivity contribution in [3.8, 4) is 11.5 Å². The summed E-state index contributed by atoms with van der Waals surface area (Å²) >= 11 is 0. The Labute approximate surface area is 110 Å². The molecule has 0 spiro atoms. The van der Waals surface area contributed by atoms with Crippen LogP contribution < -0.4 is 9.47 Å². The van der Waals surface area contributed by atoms with Crippen molar-refractivity contribution in [3.63, 3.8) is 0 Å². The number of carbonyl (C=O) groups is 1. The van der Waals surface area contributed by atoms with Crippen molar-refractivity contribution in [3.05, 3.63) is 35.7 Å². The summed E-state index contributed by atoms with van der Waals surface area (Å²) in [6.07, 6.45) is 1.39. The number of aromatic nitrogens is 3. The maximum atomic E-state index is 12.1. The average molecular weight is 261 g/mol. The molecule has 0 amide bonds. The van der Waals surface area contributed by atoms with Crippen molar-refractivity contribution in [2.75, 3.05) is 13.2 Å². The van der Waals surface area contributed by atoms with Crippen LogP contribution in [-0.4, -0.2) is 34.4 Å². The largest absolute Gasteiger partial charge is 0.490 e. The van der Waals surface area contributed by atoms with Gasteiger partial charge in [-0.25, -0.2) is 0 Å². The van der Waals surface area contributed by atoms with Gasteiger partial charge in [-0.05, 0) is 32.0 Å². The van der Waals surface area contributed by atoms with Crippen LogP contribution in [0.4, 0.5) is 0 Å². The number of benzene rings is 1. The molecule has 2 aromatic rings. The van der Waals surface area contributed by atoms with Gasteiger partial charge in [0.1, 0.15) is 0 Å². The van der Waals surface area contributed by atoms with E-state index < -0.39 is 0 Å². The van der Waals surface area contributed by atoms with Gasteiger partial charge >= 0.3 is 0 Å². The third-order valence-electron chi connectivity index (χ3n) is 2.45. The van der Waals surface area contributed by atoms with Crippen molar-refractivity contribution in [1.82, 2.24) is 15.4 Å². The molecule has 0 aliphatic carbocycles. The average Bonchev–Trinajstić information content (AvgIpc) is 2.94. The van der Waals surface area contributed by atoms with Crippen molar-refractivity contribution in [1.29, 1.82) is 0 Å². The van der Waals surface area contributed by atoms with Crippen LogP contribution in [0.5, 0.6) is 11.5 Å². The van der Waals surface area contributed by atoms with E-state index in [-0.39, 0.29) is 11.5 Å². The quantitative estimate of drug-likeness (QED) is 0.803. The fourth-order valence-electron chi connectivity index (χ4n) is 1.65. The lowest BCUT2D eigenvalue weighted by atomic mass is 10.1. The maximum Gasteiger partial charge on any atom is 0.215 e. The molecule has 100 valence electrons. The Morgan fingerprint density at radius 1 is 1.21 bits per heavy atom. The molecule has 0 atom stereocenters. The summed E-state index contributed by atoms with van der Waals surface area (Å²) < 4.78 is 10.9. The van der Waals surface area contributed by atoms with Crippen LogP contribution >= 0.6 is 0 Å². The minimum atomic E-state index is -0.210. The topological polar surface area (TPSA) is 77.1 Å². The Morgan fingerprint density at radius 2 is 1.95 bits per heavy atom. The van der Waals surface area contributed by atoms with E-state index in [9.17, 15) is 4.79 Å². The zero-order valence-electron chi connectivity index (χ0n) is 10.8. The summed E-state index contributed by atoms with van der Waals surface area (Å²) in [7, 11) is 0. The molecule has 0 aliphatic heterocycles. The van der Waals surface area contributed by atoms with Gasteiger partial charge in [-0.3, -0.25) is 4.79 Å².